The van der Waals surface area contributed by atoms with Gasteiger partial charge in [0.25, 0.3) is 0 Å². The number of fused-ring (bicyclic) bond motifs is 9. The van der Waals surface area contributed by atoms with Crippen LogP contribution in [0.25, 0.3) is 0 Å². The zero-order valence-electron chi connectivity index (χ0n) is 37.2. The third-order valence-electron chi connectivity index (χ3n) is 19.8. The first kappa shape index (κ1) is 41.5. The predicted octanol–water partition coefficient (Wildman–Crippen LogP) is 12.9. The Balaban J connectivity index is 0.000000174. The highest BCUT2D eigenvalue weighted by Gasteiger charge is 2.63. The summed E-state index contributed by atoms with van der Waals surface area (Å²) in [6.07, 6.45) is 26.0. The second kappa shape index (κ2) is 14.5. The number of hydrogen-bond acceptors (Lipinski definition) is 4. The Kier molecular flexibility index (Phi) is 11.0. The Labute approximate surface area is 336 Å². The molecule has 8 aliphatic rings. The van der Waals surface area contributed by atoms with Gasteiger partial charge in [0.1, 0.15) is 11.9 Å². The molecule has 4 heteroatoms. The van der Waals surface area contributed by atoms with Crippen molar-refractivity contribution in [3.05, 3.63) is 34.4 Å². The molecule has 0 aromatic carbocycles. The molecular weight excluding hydrogens is 677 g/mol. The predicted molar refractivity (Wildman–Crippen MR) is 225 cm³/mol. The summed E-state index contributed by atoms with van der Waals surface area (Å²) in [5, 5.41) is 10.8. The molecule has 0 aromatic rings. The molecule has 0 heterocycles. The molecule has 13 atom stereocenters. The molecule has 1 N–H and O–H groups in total. The van der Waals surface area contributed by atoms with Gasteiger partial charge < -0.3 is 9.84 Å². The summed E-state index contributed by atoms with van der Waals surface area (Å²) in [7, 11) is 0. The van der Waals surface area contributed by atoms with Gasteiger partial charge in [0.2, 0.25) is 0 Å². The molecule has 0 saturated heterocycles. The maximum atomic E-state index is 12.4. The molecule has 55 heavy (non-hydrogen) atoms. The number of Topliss-reactive ketones (excluding diaryl/α,β-unsaturated/α-hetero) is 1. The lowest BCUT2D eigenvalue weighted by Gasteiger charge is -2.62. The highest BCUT2D eigenvalue weighted by molar-refractivity contribution is 5.87. The number of esters is 1. The van der Waals surface area contributed by atoms with Crippen molar-refractivity contribution >= 4 is 11.8 Å². The van der Waals surface area contributed by atoms with E-state index in [1.54, 1.807) is 0 Å². The van der Waals surface area contributed by atoms with E-state index in [2.05, 4.69) is 81.4 Å². The Hall–Kier alpha value is -1.68. The molecule has 308 valence electrons. The van der Waals surface area contributed by atoms with Crippen LogP contribution in [0.2, 0.25) is 0 Å². The van der Waals surface area contributed by atoms with Crippen LogP contribution in [0, 0.1) is 68.0 Å². The maximum Gasteiger partial charge on any atom is 0.302 e. The summed E-state index contributed by atoms with van der Waals surface area (Å²) < 4.78 is 5.50. The molecule has 0 bridgehead atoms. The maximum absolute atomic E-state index is 12.4. The van der Waals surface area contributed by atoms with Crippen LogP contribution in [-0.4, -0.2) is 29.1 Å². The molecule has 0 amide bonds. The fraction of sp³-hybridized carbons (Fsp3) is 0.843. The molecule has 13 unspecified atom stereocenters. The van der Waals surface area contributed by atoms with Crippen molar-refractivity contribution < 1.29 is 19.4 Å². The van der Waals surface area contributed by atoms with Crippen molar-refractivity contribution in [1.82, 2.24) is 0 Å². The molecule has 8 rings (SSSR count). The fourth-order valence-electron chi connectivity index (χ4n) is 16.2. The summed E-state index contributed by atoms with van der Waals surface area (Å²) in [6, 6.07) is 0. The van der Waals surface area contributed by atoms with E-state index in [9.17, 15) is 14.7 Å². The van der Waals surface area contributed by atoms with Crippen LogP contribution >= 0.6 is 0 Å². The SMILES string of the molecule is CC(=O)OC1CCC2(C)C(=CCC3C4CCC(=O)C4(C)CCC32)C1.CC(C)=CCCC(C)C1CCC2(C)C3=C(CCC12C)C1(C)CCC(O)C(C)(C)C1CC3. The number of hydrogen-bond donors (Lipinski definition) is 1. The van der Waals surface area contributed by atoms with Crippen LogP contribution in [0.4, 0.5) is 0 Å². The molecule has 0 radical (unpaired) electrons. The van der Waals surface area contributed by atoms with Gasteiger partial charge in [-0.2, -0.15) is 0 Å². The standard InChI is InChI=1S/C30H50O.C21H30O3/c1-20(2)10-9-11-21(3)22-14-18-30(8)24-12-13-25-27(4,5)26(31)16-17-28(25,6)23(24)15-19-29(22,30)7;1-13(22)24-15-8-10-20(2)14(12-15)4-5-16-17-6-7-19(23)21(17,3)11-9-18(16)20/h10,21-22,25-26,31H,9,11-19H2,1-8H3;4,15-18H,5-12H2,1-3H3. The van der Waals surface area contributed by atoms with E-state index in [0.29, 0.717) is 45.7 Å². The van der Waals surface area contributed by atoms with Gasteiger partial charge in [-0.05, 0) is 179 Å². The number of ketones is 1. The quantitative estimate of drug-likeness (QED) is 0.224. The number of allylic oxidation sites excluding steroid dienone is 5. The summed E-state index contributed by atoms with van der Waals surface area (Å²) >= 11 is 0. The molecule has 4 nitrogen and oxygen atoms in total. The zero-order valence-corrected chi connectivity index (χ0v) is 37.2. The van der Waals surface area contributed by atoms with Crippen LogP contribution < -0.4 is 0 Å². The average Bonchev–Trinajstić information content (AvgIpc) is 3.58. The van der Waals surface area contributed by atoms with Gasteiger partial charge in [-0.15, -0.1) is 0 Å². The first-order valence-corrected chi connectivity index (χ1v) is 23.2. The Morgan fingerprint density at radius 1 is 0.818 bits per heavy atom. The summed E-state index contributed by atoms with van der Waals surface area (Å²) in [6.45, 7) is 25.8. The first-order chi connectivity index (χ1) is 25.7. The number of ether oxygens (including phenoxy) is 1. The summed E-state index contributed by atoms with van der Waals surface area (Å²) in [5.41, 5.74) is 8.14. The van der Waals surface area contributed by atoms with Crippen LogP contribution in [0.3, 0.4) is 0 Å². The Morgan fingerprint density at radius 3 is 2.22 bits per heavy atom. The minimum atomic E-state index is -0.157. The van der Waals surface area contributed by atoms with E-state index < -0.39 is 0 Å². The van der Waals surface area contributed by atoms with E-state index in [-0.39, 0.29) is 34.4 Å². The van der Waals surface area contributed by atoms with Crippen LogP contribution in [0.1, 0.15) is 192 Å². The largest absolute Gasteiger partial charge is 0.462 e. The zero-order chi connectivity index (χ0) is 39.9. The lowest BCUT2D eigenvalue weighted by Crippen LogP contribution is -2.55. The molecule has 0 aliphatic heterocycles. The number of aliphatic hydroxyl groups excluding tert-OH is 1. The van der Waals surface area contributed by atoms with Crippen LogP contribution in [-0.2, 0) is 14.3 Å². The first-order valence-electron chi connectivity index (χ1n) is 23.2. The minimum Gasteiger partial charge on any atom is -0.462 e. The molecule has 5 fully saturated rings. The van der Waals surface area contributed by atoms with Crippen LogP contribution in [0.5, 0.6) is 0 Å². The van der Waals surface area contributed by atoms with Crippen molar-refractivity contribution in [2.45, 2.75) is 204 Å². The fourth-order valence-corrected chi connectivity index (χ4v) is 16.2. The van der Waals surface area contributed by atoms with Crippen molar-refractivity contribution in [2.24, 2.45) is 68.0 Å². The van der Waals surface area contributed by atoms with E-state index in [1.165, 1.54) is 82.3 Å². The normalized spacial score (nSPS) is 45.9. The average molecular weight is 757 g/mol. The van der Waals surface area contributed by atoms with E-state index in [4.69, 9.17) is 4.74 Å². The van der Waals surface area contributed by atoms with Gasteiger partial charge in [-0.3, -0.25) is 9.59 Å². The number of rotatable bonds is 5. The second-order valence-corrected chi connectivity index (χ2v) is 22.7. The molecule has 0 spiro atoms. The minimum absolute atomic E-state index is 0.0438. The van der Waals surface area contributed by atoms with Crippen molar-refractivity contribution in [1.29, 1.82) is 0 Å². The van der Waals surface area contributed by atoms with Gasteiger partial charge in [0.05, 0.1) is 6.10 Å². The van der Waals surface area contributed by atoms with E-state index in [0.717, 1.165) is 63.2 Å². The lowest BCUT2D eigenvalue weighted by molar-refractivity contribution is -0.148. The molecular formula is C51H80O4. The second-order valence-electron chi connectivity index (χ2n) is 22.7. The highest BCUT2D eigenvalue weighted by Crippen LogP contribution is 2.72. The van der Waals surface area contributed by atoms with Crippen molar-refractivity contribution in [3.63, 3.8) is 0 Å². The summed E-state index contributed by atoms with van der Waals surface area (Å²) in [5.74, 6) is 4.65. The third kappa shape index (κ3) is 6.54. The molecule has 0 aromatic heterocycles. The van der Waals surface area contributed by atoms with Gasteiger partial charge in [-0.25, -0.2) is 0 Å². The van der Waals surface area contributed by atoms with Crippen molar-refractivity contribution in [2.75, 3.05) is 0 Å². The van der Waals surface area contributed by atoms with Gasteiger partial charge >= 0.3 is 5.97 Å². The lowest BCUT2D eigenvalue weighted by atomic mass is 9.43. The van der Waals surface area contributed by atoms with Gasteiger partial charge in [0.15, 0.2) is 0 Å². The Bertz CT molecular complexity index is 1610. The monoisotopic (exact) mass is 757 g/mol. The number of carbonyl (C=O) groups excluding carboxylic acids is 2. The Morgan fingerprint density at radius 2 is 1.51 bits per heavy atom. The topological polar surface area (TPSA) is 63.6 Å². The van der Waals surface area contributed by atoms with Crippen LogP contribution in [0.15, 0.2) is 34.4 Å². The molecule has 5 saturated carbocycles. The number of aliphatic hydroxyl groups is 1. The highest BCUT2D eigenvalue weighted by atomic mass is 16.5. The smallest absolute Gasteiger partial charge is 0.302 e. The van der Waals surface area contributed by atoms with Gasteiger partial charge in [0, 0.05) is 25.2 Å². The van der Waals surface area contributed by atoms with E-state index >= 15 is 0 Å². The van der Waals surface area contributed by atoms with E-state index in [1.807, 2.05) is 11.1 Å². The van der Waals surface area contributed by atoms with Crippen molar-refractivity contribution in [3.8, 4) is 0 Å². The van der Waals surface area contributed by atoms with Gasteiger partial charge in [-0.1, -0.05) is 89.8 Å². The summed E-state index contributed by atoms with van der Waals surface area (Å²) in [4.78, 5) is 23.7. The molecule has 8 aliphatic carbocycles. The number of carbonyl (C=O) groups is 2. The third-order valence-corrected chi connectivity index (χ3v) is 19.8.